The lowest BCUT2D eigenvalue weighted by Gasteiger charge is -2.18. The first-order chi connectivity index (χ1) is 13.7. The smallest absolute Gasteiger partial charge is 0.191 e. The van der Waals surface area contributed by atoms with Crippen LogP contribution in [0.2, 0.25) is 0 Å². The molecular weight excluding hydrogens is 356 g/mol. The number of benzene rings is 1. The molecule has 1 heterocycles. The number of hydrogen-bond donors (Lipinski definition) is 3. The monoisotopic (exact) mass is 388 g/mol. The number of hydrogen-bond acceptors (Lipinski definition) is 5. The van der Waals surface area contributed by atoms with Gasteiger partial charge in [0.15, 0.2) is 11.8 Å². The zero-order valence-electron chi connectivity index (χ0n) is 17.1. The predicted molar refractivity (Wildman–Crippen MR) is 110 cm³/mol. The molecule has 2 rings (SSSR count). The third kappa shape index (κ3) is 6.94. The van der Waals surface area contributed by atoms with Gasteiger partial charge in [-0.05, 0) is 25.8 Å². The van der Waals surface area contributed by atoms with Gasteiger partial charge in [-0.2, -0.15) is 0 Å². The van der Waals surface area contributed by atoms with Crippen molar-refractivity contribution in [1.29, 1.82) is 0 Å². The molecule has 0 aliphatic heterocycles. The van der Waals surface area contributed by atoms with E-state index in [2.05, 4.69) is 25.8 Å². The fourth-order valence-electron chi connectivity index (χ4n) is 2.67. The molecule has 1 aromatic heterocycles. The standard InChI is InChI=1S/C20H32N6O2/c1-4-28-12-8-11-21-20(23-14-19-25-24-16(2)26(19)3)22-13-18(15-27)17-9-6-5-7-10-17/h5-7,9-10,18,27H,4,8,11-15H2,1-3H3,(H2,21,22,23). The Morgan fingerprint density at radius 2 is 2.04 bits per heavy atom. The van der Waals surface area contributed by atoms with Gasteiger partial charge in [0.25, 0.3) is 0 Å². The van der Waals surface area contributed by atoms with Gasteiger partial charge in [-0.3, -0.25) is 0 Å². The largest absolute Gasteiger partial charge is 0.396 e. The Labute approximate surface area is 167 Å². The second kappa shape index (κ2) is 12.1. The quantitative estimate of drug-likeness (QED) is 0.306. The number of nitrogens with one attached hydrogen (secondary N) is 2. The molecule has 0 spiro atoms. The summed E-state index contributed by atoms with van der Waals surface area (Å²) in [5.41, 5.74) is 1.09. The topological polar surface area (TPSA) is 96.6 Å². The molecule has 1 aromatic carbocycles. The minimum absolute atomic E-state index is 0.00584. The van der Waals surface area contributed by atoms with Crippen LogP contribution in [0, 0.1) is 6.92 Å². The van der Waals surface area contributed by atoms with Crippen LogP contribution in [-0.4, -0.2) is 58.7 Å². The van der Waals surface area contributed by atoms with Crippen molar-refractivity contribution in [3.63, 3.8) is 0 Å². The highest BCUT2D eigenvalue weighted by Gasteiger charge is 2.11. The molecule has 154 valence electrons. The van der Waals surface area contributed by atoms with Crippen LogP contribution in [0.5, 0.6) is 0 Å². The number of rotatable bonds is 11. The Balaban J connectivity index is 1.97. The van der Waals surface area contributed by atoms with Crippen molar-refractivity contribution >= 4 is 5.96 Å². The molecule has 8 nitrogen and oxygen atoms in total. The lowest BCUT2D eigenvalue weighted by atomic mass is 10.0. The SMILES string of the molecule is CCOCCCNC(=NCc1nnc(C)n1C)NCC(CO)c1ccccc1. The number of aromatic nitrogens is 3. The van der Waals surface area contributed by atoms with Gasteiger partial charge in [0.1, 0.15) is 12.4 Å². The van der Waals surface area contributed by atoms with Gasteiger partial charge < -0.3 is 25.0 Å². The van der Waals surface area contributed by atoms with E-state index < -0.39 is 0 Å². The molecule has 8 heteroatoms. The number of aliphatic hydroxyl groups is 1. The van der Waals surface area contributed by atoms with E-state index in [9.17, 15) is 5.11 Å². The molecule has 0 amide bonds. The fraction of sp³-hybridized carbons (Fsp3) is 0.550. The van der Waals surface area contributed by atoms with E-state index in [1.165, 1.54) is 0 Å². The van der Waals surface area contributed by atoms with Crippen molar-refractivity contribution in [2.75, 3.05) is 32.9 Å². The first-order valence-electron chi connectivity index (χ1n) is 9.76. The van der Waals surface area contributed by atoms with Crippen LogP contribution in [0.15, 0.2) is 35.3 Å². The number of ether oxygens (including phenoxy) is 1. The second-order valence-corrected chi connectivity index (χ2v) is 6.54. The summed E-state index contributed by atoms with van der Waals surface area (Å²) >= 11 is 0. The van der Waals surface area contributed by atoms with E-state index in [1.54, 1.807) is 0 Å². The number of aryl methyl sites for hydroxylation is 1. The van der Waals surface area contributed by atoms with E-state index in [1.807, 2.05) is 55.8 Å². The zero-order chi connectivity index (χ0) is 20.2. The predicted octanol–water partition coefficient (Wildman–Crippen LogP) is 1.36. The number of guanidine groups is 1. The van der Waals surface area contributed by atoms with Gasteiger partial charge in [0.2, 0.25) is 0 Å². The molecule has 3 N–H and O–H groups in total. The van der Waals surface area contributed by atoms with Gasteiger partial charge in [0, 0.05) is 39.3 Å². The maximum absolute atomic E-state index is 9.77. The highest BCUT2D eigenvalue weighted by atomic mass is 16.5. The lowest BCUT2D eigenvalue weighted by Crippen LogP contribution is -2.40. The van der Waals surface area contributed by atoms with Gasteiger partial charge >= 0.3 is 0 Å². The molecule has 2 aromatic rings. The fourth-order valence-corrected chi connectivity index (χ4v) is 2.67. The summed E-state index contributed by atoms with van der Waals surface area (Å²) < 4.78 is 7.31. The maximum atomic E-state index is 9.77. The van der Waals surface area contributed by atoms with E-state index in [0.29, 0.717) is 25.7 Å². The van der Waals surface area contributed by atoms with Crippen LogP contribution in [0.25, 0.3) is 0 Å². The van der Waals surface area contributed by atoms with E-state index >= 15 is 0 Å². The zero-order valence-corrected chi connectivity index (χ0v) is 17.1. The Bertz CT molecular complexity index is 717. The summed E-state index contributed by atoms with van der Waals surface area (Å²) in [5.74, 6) is 2.34. The third-order valence-electron chi connectivity index (χ3n) is 4.53. The maximum Gasteiger partial charge on any atom is 0.191 e. The first kappa shape index (κ1) is 21.8. The molecule has 28 heavy (non-hydrogen) atoms. The number of nitrogens with zero attached hydrogens (tertiary/aromatic N) is 4. The molecule has 1 unspecified atom stereocenters. The van der Waals surface area contributed by atoms with Gasteiger partial charge in [-0.25, -0.2) is 4.99 Å². The highest BCUT2D eigenvalue weighted by molar-refractivity contribution is 5.79. The molecule has 0 saturated carbocycles. The van der Waals surface area contributed by atoms with E-state index in [0.717, 1.165) is 36.8 Å². The molecule has 0 bridgehead atoms. The molecule has 0 radical (unpaired) electrons. The highest BCUT2D eigenvalue weighted by Crippen LogP contribution is 2.13. The van der Waals surface area contributed by atoms with Crippen molar-refractivity contribution in [2.24, 2.45) is 12.0 Å². The van der Waals surface area contributed by atoms with Crippen LogP contribution in [0.1, 0.15) is 36.5 Å². The van der Waals surface area contributed by atoms with Gasteiger partial charge in [-0.1, -0.05) is 30.3 Å². The molecule has 1 atom stereocenters. The normalized spacial score (nSPS) is 12.8. The summed E-state index contributed by atoms with van der Waals surface area (Å²) in [6, 6.07) is 9.99. The van der Waals surface area contributed by atoms with Gasteiger partial charge in [0.05, 0.1) is 6.61 Å². The van der Waals surface area contributed by atoms with Crippen LogP contribution < -0.4 is 10.6 Å². The van der Waals surface area contributed by atoms with Crippen molar-refractivity contribution < 1.29 is 9.84 Å². The van der Waals surface area contributed by atoms with Crippen LogP contribution in [0.3, 0.4) is 0 Å². The van der Waals surface area contributed by atoms with Crippen LogP contribution in [-0.2, 0) is 18.3 Å². The summed E-state index contributed by atoms with van der Waals surface area (Å²) in [6.07, 6.45) is 0.889. The van der Waals surface area contributed by atoms with E-state index in [4.69, 9.17) is 4.74 Å². The average Bonchev–Trinajstić information content (AvgIpc) is 3.04. The van der Waals surface area contributed by atoms with Crippen LogP contribution >= 0.6 is 0 Å². The van der Waals surface area contributed by atoms with E-state index in [-0.39, 0.29) is 12.5 Å². The van der Waals surface area contributed by atoms with Crippen LogP contribution in [0.4, 0.5) is 0 Å². The summed E-state index contributed by atoms with van der Waals surface area (Å²) in [5, 5.41) is 24.7. The summed E-state index contributed by atoms with van der Waals surface area (Å²) in [4.78, 5) is 4.63. The minimum Gasteiger partial charge on any atom is -0.396 e. The summed E-state index contributed by atoms with van der Waals surface area (Å²) in [6.45, 7) is 7.15. The Hall–Kier alpha value is -2.45. The molecular formula is C20H32N6O2. The van der Waals surface area contributed by atoms with Crippen molar-refractivity contribution in [3.8, 4) is 0 Å². The first-order valence-corrected chi connectivity index (χ1v) is 9.76. The second-order valence-electron chi connectivity index (χ2n) is 6.54. The van der Waals surface area contributed by atoms with Crippen molar-refractivity contribution in [2.45, 2.75) is 32.7 Å². The molecule has 0 fully saturated rings. The molecule has 0 aliphatic carbocycles. The molecule has 0 saturated heterocycles. The Morgan fingerprint density at radius 3 is 2.68 bits per heavy atom. The number of aliphatic hydroxyl groups excluding tert-OH is 1. The van der Waals surface area contributed by atoms with Crippen molar-refractivity contribution in [1.82, 2.24) is 25.4 Å². The number of aliphatic imine (C=N–C) groups is 1. The minimum atomic E-state index is -0.00584. The third-order valence-corrected chi connectivity index (χ3v) is 4.53. The lowest BCUT2D eigenvalue weighted by molar-refractivity contribution is 0.145. The Morgan fingerprint density at radius 1 is 1.25 bits per heavy atom. The summed E-state index contributed by atoms with van der Waals surface area (Å²) in [7, 11) is 1.93. The van der Waals surface area contributed by atoms with Crippen molar-refractivity contribution in [3.05, 3.63) is 47.5 Å². The average molecular weight is 389 g/mol. The molecule has 0 aliphatic rings. The van der Waals surface area contributed by atoms with Gasteiger partial charge in [-0.15, -0.1) is 10.2 Å². The Kier molecular flexibility index (Phi) is 9.44.